The summed E-state index contributed by atoms with van der Waals surface area (Å²) in [5.41, 5.74) is 2.45. The maximum atomic E-state index is 13.1. The Kier molecular flexibility index (Phi) is 5.17. The van der Waals surface area contributed by atoms with Crippen LogP contribution in [0.1, 0.15) is 10.4 Å². The van der Waals surface area contributed by atoms with Crippen LogP contribution in [0.15, 0.2) is 60.7 Å². The Balaban J connectivity index is 1.63. The van der Waals surface area contributed by atoms with Gasteiger partial charge in [-0.15, -0.1) is 0 Å². The second kappa shape index (κ2) is 7.90. The molecule has 0 radical (unpaired) electrons. The van der Waals surface area contributed by atoms with E-state index in [4.69, 9.17) is 4.74 Å². The second-order valence-corrected chi connectivity index (χ2v) is 7.32. The second-order valence-electron chi connectivity index (χ2n) is 7.32. The lowest BCUT2D eigenvalue weighted by atomic mass is 10.0. The number of benzene rings is 3. The van der Waals surface area contributed by atoms with Gasteiger partial charge in [-0.25, -0.2) is 0 Å². The molecule has 1 fully saturated rings. The number of para-hydroxylation sites is 2. The van der Waals surface area contributed by atoms with E-state index in [0.29, 0.717) is 11.3 Å². The number of carbonyl (C=O) groups is 1. The first-order valence-corrected chi connectivity index (χ1v) is 9.69. The Labute approximate surface area is 165 Å². The van der Waals surface area contributed by atoms with E-state index in [0.717, 1.165) is 48.3 Å². The number of piperazine rings is 1. The third kappa shape index (κ3) is 3.66. The van der Waals surface area contributed by atoms with Crippen LogP contribution in [0.3, 0.4) is 0 Å². The number of anilines is 2. The van der Waals surface area contributed by atoms with E-state index in [9.17, 15) is 4.79 Å². The van der Waals surface area contributed by atoms with Gasteiger partial charge in [0.25, 0.3) is 5.91 Å². The van der Waals surface area contributed by atoms with Crippen molar-refractivity contribution in [3.05, 3.63) is 66.2 Å². The number of hydrogen-bond donors (Lipinski definition) is 2. The number of methoxy groups -OCH3 is 1. The number of quaternary nitrogens is 1. The molecular formula is C23H26N3O2+. The first-order valence-electron chi connectivity index (χ1n) is 9.69. The standard InChI is InChI=1S/C23H25N3O2/c1-25-11-13-26(14-12-25)21-10-6-5-9-20(21)24-23(27)19-15-17-7-3-4-8-18(17)16-22(19)28-2/h3-10,15-16H,11-14H2,1-2H3,(H,24,27)/p+1. The minimum absolute atomic E-state index is 0.158. The molecule has 0 bridgehead atoms. The molecule has 1 aliphatic rings. The molecule has 3 aromatic rings. The van der Waals surface area contributed by atoms with Gasteiger partial charge in [0, 0.05) is 0 Å². The van der Waals surface area contributed by atoms with Crippen molar-refractivity contribution in [2.45, 2.75) is 0 Å². The SMILES string of the molecule is COc1cc2ccccc2cc1C(=O)Nc1ccccc1N1CC[NH+](C)CC1. The topological polar surface area (TPSA) is 46.0 Å². The molecule has 1 heterocycles. The Morgan fingerprint density at radius 2 is 1.64 bits per heavy atom. The van der Waals surface area contributed by atoms with Crippen LogP contribution in [0, 0.1) is 0 Å². The fourth-order valence-electron chi connectivity index (χ4n) is 3.74. The summed E-state index contributed by atoms with van der Waals surface area (Å²) in [4.78, 5) is 17.0. The first-order chi connectivity index (χ1) is 13.7. The molecular weight excluding hydrogens is 350 g/mol. The van der Waals surface area contributed by atoms with Gasteiger partial charge in [-0.2, -0.15) is 0 Å². The van der Waals surface area contributed by atoms with Gasteiger partial charge < -0.3 is 19.9 Å². The van der Waals surface area contributed by atoms with Crippen molar-refractivity contribution in [1.29, 1.82) is 0 Å². The zero-order chi connectivity index (χ0) is 19.5. The van der Waals surface area contributed by atoms with Crippen molar-refractivity contribution in [3.8, 4) is 5.75 Å². The van der Waals surface area contributed by atoms with Crippen LogP contribution in [-0.4, -0.2) is 46.2 Å². The summed E-state index contributed by atoms with van der Waals surface area (Å²) < 4.78 is 5.50. The van der Waals surface area contributed by atoms with Gasteiger partial charge in [0.05, 0.1) is 57.3 Å². The number of likely N-dealkylation sites (N-methyl/N-ethyl adjacent to an activating group) is 1. The maximum absolute atomic E-state index is 13.1. The summed E-state index contributed by atoms with van der Waals surface area (Å²) in [6.07, 6.45) is 0. The largest absolute Gasteiger partial charge is 0.496 e. The van der Waals surface area contributed by atoms with Crippen LogP contribution in [0.4, 0.5) is 11.4 Å². The average molecular weight is 376 g/mol. The summed E-state index contributed by atoms with van der Waals surface area (Å²) in [5, 5.41) is 5.18. The molecule has 4 rings (SSSR count). The molecule has 0 aromatic heterocycles. The van der Waals surface area contributed by atoms with E-state index in [1.807, 2.05) is 54.6 Å². The highest BCUT2D eigenvalue weighted by molar-refractivity contribution is 6.10. The molecule has 1 aliphatic heterocycles. The number of amides is 1. The van der Waals surface area contributed by atoms with Crippen LogP contribution in [-0.2, 0) is 0 Å². The number of hydrogen-bond acceptors (Lipinski definition) is 3. The zero-order valence-electron chi connectivity index (χ0n) is 16.4. The van der Waals surface area contributed by atoms with Gasteiger partial charge in [-0.1, -0.05) is 36.4 Å². The fourth-order valence-corrected chi connectivity index (χ4v) is 3.74. The van der Waals surface area contributed by atoms with E-state index in [2.05, 4.69) is 23.3 Å². The fraction of sp³-hybridized carbons (Fsp3) is 0.261. The number of fused-ring (bicyclic) bond motifs is 1. The number of carbonyl (C=O) groups excluding carboxylic acids is 1. The van der Waals surface area contributed by atoms with Crippen molar-refractivity contribution in [1.82, 2.24) is 0 Å². The number of nitrogens with one attached hydrogen (secondary N) is 2. The Hall–Kier alpha value is -3.05. The van der Waals surface area contributed by atoms with Crippen LogP contribution in [0.2, 0.25) is 0 Å². The summed E-state index contributed by atoms with van der Waals surface area (Å²) in [6.45, 7) is 4.16. The minimum atomic E-state index is -0.158. The molecule has 0 spiro atoms. The molecule has 144 valence electrons. The van der Waals surface area contributed by atoms with Crippen molar-refractivity contribution in [2.24, 2.45) is 0 Å². The van der Waals surface area contributed by atoms with Gasteiger partial charge in [-0.05, 0) is 35.0 Å². The van der Waals surface area contributed by atoms with Gasteiger partial charge in [0.15, 0.2) is 0 Å². The minimum Gasteiger partial charge on any atom is -0.496 e. The number of nitrogens with zero attached hydrogens (tertiary/aromatic N) is 1. The third-order valence-corrected chi connectivity index (χ3v) is 5.42. The quantitative estimate of drug-likeness (QED) is 0.735. The van der Waals surface area contributed by atoms with Crippen LogP contribution >= 0.6 is 0 Å². The molecule has 0 saturated carbocycles. The Morgan fingerprint density at radius 3 is 2.36 bits per heavy atom. The van der Waals surface area contributed by atoms with Gasteiger partial charge in [0.1, 0.15) is 5.75 Å². The highest BCUT2D eigenvalue weighted by Crippen LogP contribution is 2.29. The predicted molar refractivity (Wildman–Crippen MR) is 114 cm³/mol. The summed E-state index contributed by atoms with van der Waals surface area (Å²) in [7, 11) is 3.82. The average Bonchev–Trinajstić information content (AvgIpc) is 2.74. The van der Waals surface area contributed by atoms with E-state index in [1.54, 1.807) is 12.0 Å². The lowest BCUT2D eigenvalue weighted by Crippen LogP contribution is -3.12. The molecule has 28 heavy (non-hydrogen) atoms. The molecule has 0 atom stereocenters. The Bertz CT molecular complexity index is 994. The molecule has 5 nitrogen and oxygen atoms in total. The van der Waals surface area contributed by atoms with Crippen molar-refractivity contribution in [3.63, 3.8) is 0 Å². The molecule has 1 saturated heterocycles. The molecule has 3 aromatic carbocycles. The lowest BCUT2D eigenvalue weighted by Gasteiger charge is -2.33. The third-order valence-electron chi connectivity index (χ3n) is 5.42. The molecule has 1 amide bonds. The van der Waals surface area contributed by atoms with Crippen LogP contribution < -0.4 is 19.9 Å². The van der Waals surface area contributed by atoms with Crippen LogP contribution in [0.5, 0.6) is 5.75 Å². The highest BCUT2D eigenvalue weighted by Gasteiger charge is 2.21. The molecule has 0 aliphatic carbocycles. The van der Waals surface area contributed by atoms with Gasteiger partial charge >= 0.3 is 0 Å². The van der Waals surface area contributed by atoms with Crippen molar-refractivity contribution < 1.29 is 14.4 Å². The molecule has 0 unspecified atom stereocenters. The summed E-state index contributed by atoms with van der Waals surface area (Å²) in [5.74, 6) is 0.423. The van der Waals surface area contributed by atoms with E-state index in [-0.39, 0.29) is 5.91 Å². The van der Waals surface area contributed by atoms with Gasteiger partial charge in [-0.3, -0.25) is 4.79 Å². The highest BCUT2D eigenvalue weighted by atomic mass is 16.5. The Morgan fingerprint density at radius 1 is 1.00 bits per heavy atom. The smallest absolute Gasteiger partial charge is 0.259 e. The number of rotatable bonds is 4. The monoisotopic (exact) mass is 376 g/mol. The lowest BCUT2D eigenvalue weighted by molar-refractivity contribution is -0.880. The van der Waals surface area contributed by atoms with E-state index in [1.165, 1.54) is 0 Å². The summed E-state index contributed by atoms with van der Waals surface area (Å²) in [6, 6.07) is 19.8. The van der Waals surface area contributed by atoms with Crippen LogP contribution in [0.25, 0.3) is 10.8 Å². The number of ether oxygens (including phenoxy) is 1. The first kappa shape index (κ1) is 18.3. The maximum Gasteiger partial charge on any atom is 0.259 e. The predicted octanol–water partition coefficient (Wildman–Crippen LogP) is 2.44. The van der Waals surface area contributed by atoms with Gasteiger partial charge in [0.2, 0.25) is 0 Å². The molecule has 5 heteroatoms. The van der Waals surface area contributed by atoms with E-state index < -0.39 is 0 Å². The molecule has 2 N–H and O–H groups in total. The normalized spacial score (nSPS) is 14.9. The summed E-state index contributed by atoms with van der Waals surface area (Å²) >= 11 is 0. The van der Waals surface area contributed by atoms with E-state index >= 15 is 0 Å². The van der Waals surface area contributed by atoms with Crippen molar-refractivity contribution in [2.75, 3.05) is 50.6 Å². The zero-order valence-corrected chi connectivity index (χ0v) is 16.4. The van der Waals surface area contributed by atoms with Crippen molar-refractivity contribution >= 4 is 28.1 Å².